The largest absolute Gasteiger partial charge is 0.338 e. The summed E-state index contributed by atoms with van der Waals surface area (Å²) in [6.45, 7) is 3.89. The molecule has 1 N–H and O–H groups in total. The predicted molar refractivity (Wildman–Crippen MR) is 73.0 cm³/mol. The average Bonchev–Trinajstić information content (AvgIpc) is 2.88. The number of halogens is 2. The van der Waals surface area contributed by atoms with E-state index < -0.39 is 13.0 Å². The van der Waals surface area contributed by atoms with Crippen LogP contribution in [0.4, 0.5) is 8.78 Å². The maximum Gasteiger partial charge on any atom is 0.270 e. The van der Waals surface area contributed by atoms with Crippen molar-refractivity contribution < 1.29 is 13.6 Å². The molecular formula is C14H21F2N3O. The molecule has 4 nitrogen and oxygen atoms in total. The highest BCUT2D eigenvalue weighted by Crippen LogP contribution is 2.16. The maximum absolute atomic E-state index is 12.6. The van der Waals surface area contributed by atoms with Gasteiger partial charge in [-0.05, 0) is 45.0 Å². The highest BCUT2D eigenvalue weighted by Gasteiger charge is 2.26. The van der Waals surface area contributed by atoms with Gasteiger partial charge in [-0.25, -0.2) is 8.78 Å². The average molecular weight is 285 g/mol. The molecule has 0 aliphatic carbocycles. The Bertz CT molecular complexity index is 441. The first-order chi connectivity index (χ1) is 9.63. The van der Waals surface area contributed by atoms with Crippen LogP contribution in [0.5, 0.6) is 0 Å². The number of hydrogen-bond donors (Lipinski definition) is 1. The quantitative estimate of drug-likeness (QED) is 0.898. The SMILES string of the molecule is CCN(C(=O)c1cccn1CC(F)F)C1CCNCC1. The number of hydrogen-bond acceptors (Lipinski definition) is 2. The molecule has 0 spiro atoms. The predicted octanol–water partition coefficient (Wildman–Crippen LogP) is 1.97. The van der Waals surface area contributed by atoms with Crippen molar-refractivity contribution in [1.82, 2.24) is 14.8 Å². The fraction of sp³-hybridized carbons (Fsp3) is 0.643. The minimum absolute atomic E-state index is 0.148. The van der Waals surface area contributed by atoms with Gasteiger partial charge in [-0.15, -0.1) is 0 Å². The molecule has 1 aliphatic heterocycles. The molecule has 1 fully saturated rings. The topological polar surface area (TPSA) is 37.3 Å². The zero-order valence-electron chi connectivity index (χ0n) is 11.7. The molecule has 0 atom stereocenters. The van der Waals surface area contributed by atoms with Gasteiger partial charge < -0.3 is 14.8 Å². The summed E-state index contributed by atoms with van der Waals surface area (Å²) in [4.78, 5) is 14.4. The molecule has 0 radical (unpaired) electrons. The molecule has 2 heterocycles. The van der Waals surface area contributed by atoms with Crippen LogP contribution in [0.3, 0.4) is 0 Å². The molecule has 1 aromatic heterocycles. The van der Waals surface area contributed by atoms with Gasteiger partial charge in [-0.3, -0.25) is 4.79 Å². The lowest BCUT2D eigenvalue weighted by atomic mass is 10.0. The van der Waals surface area contributed by atoms with Crippen LogP contribution in [0.15, 0.2) is 18.3 Å². The van der Waals surface area contributed by atoms with Crippen LogP contribution >= 0.6 is 0 Å². The lowest BCUT2D eigenvalue weighted by Gasteiger charge is -2.34. The molecule has 0 unspecified atom stereocenters. The molecule has 2 rings (SSSR count). The van der Waals surface area contributed by atoms with Crippen LogP contribution in [0, 0.1) is 0 Å². The van der Waals surface area contributed by atoms with Crippen molar-refractivity contribution in [3.8, 4) is 0 Å². The van der Waals surface area contributed by atoms with Crippen LogP contribution in [0.25, 0.3) is 0 Å². The van der Waals surface area contributed by atoms with Gasteiger partial charge in [-0.1, -0.05) is 0 Å². The van der Waals surface area contributed by atoms with E-state index in [4.69, 9.17) is 0 Å². The van der Waals surface area contributed by atoms with Gasteiger partial charge in [0.15, 0.2) is 0 Å². The first kappa shape index (κ1) is 15.0. The van der Waals surface area contributed by atoms with Gasteiger partial charge in [-0.2, -0.15) is 0 Å². The van der Waals surface area contributed by atoms with Crippen molar-refractivity contribution in [1.29, 1.82) is 0 Å². The van der Waals surface area contributed by atoms with Crippen LogP contribution in [0.1, 0.15) is 30.3 Å². The van der Waals surface area contributed by atoms with Crippen LogP contribution < -0.4 is 5.32 Å². The minimum Gasteiger partial charge on any atom is -0.338 e. The Kier molecular flexibility index (Phi) is 5.11. The Morgan fingerprint density at radius 1 is 1.50 bits per heavy atom. The molecule has 6 heteroatoms. The van der Waals surface area contributed by atoms with Crippen LogP contribution in [0.2, 0.25) is 0 Å². The first-order valence-electron chi connectivity index (χ1n) is 7.08. The molecule has 1 amide bonds. The Morgan fingerprint density at radius 3 is 2.80 bits per heavy atom. The van der Waals surface area contributed by atoms with E-state index in [-0.39, 0.29) is 11.9 Å². The van der Waals surface area contributed by atoms with Gasteiger partial charge in [0.25, 0.3) is 12.3 Å². The fourth-order valence-electron chi connectivity index (χ4n) is 2.75. The summed E-state index contributed by atoms with van der Waals surface area (Å²) in [5.41, 5.74) is 0.352. The van der Waals surface area contributed by atoms with Crippen molar-refractivity contribution >= 4 is 5.91 Å². The second kappa shape index (κ2) is 6.83. The van der Waals surface area contributed by atoms with E-state index >= 15 is 0 Å². The third kappa shape index (κ3) is 3.36. The summed E-state index contributed by atoms with van der Waals surface area (Å²) in [6.07, 6.45) is 0.905. The fourth-order valence-corrected chi connectivity index (χ4v) is 2.75. The summed E-state index contributed by atoms with van der Waals surface area (Å²) in [6, 6.07) is 3.46. The van der Waals surface area contributed by atoms with E-state index in [0.717, 1.165) is 25.9 Å². The third-order valence-electron chi connectivity index (χ3n) is 3.73. The normalized spacial score (nSPS) is 16.6. The number of alkyl halides is 2. The number of piperidine rings is 1. The Hall–Kier alpha value is -1.43. The summed E-state index contributed by atoms with van der Waals surface area (Å²) in [5, 5.41) is 3.26. The molecular weight excluding hydrogens is 264 g/mol. The summed E-state index contributed by atoms with van der Waals surface area (Å²) in [5.74, 6) is -0.148. The Balaban J connectivity index is 2.13. The number of carbonyl (C=O) groups is 1. The number of aromatic nitrogens is 1. The number of nitrogens with one attached hydrogen (secondary N) is 1. The molecule has 0 bridgehead atoms. The molecule has 1 aromatic rings. The number of rotatable bonds is 5. The van der Waals surface area contributed by atoms with Gasteiger partial charge in [0.2, 0.25) is 0 Å². The number of carbonyl (C=O) groups excluding carboxylic acids is 1. The summed E-state index contributed by atoms with van der Waals surface area (Å²) < 4.78 is 26.4. The van der Waals surface area contributed by atoms with Gasteiger partial charge >= 0.3 is 0 Å². The van der Waals surface area contributed by atoms with E-state index in [1.165, 1.54) is 10.8 Å². The zero-order chi connectivity index (χ0) is 14.5. The monoisotopic (exact) mass is 285 g/mol. The van der Waals surface area contributed by atoms with E-state index in [1.54, 1.807) is 17.0 Å². The Morgan fingerprint density at radius 2 is 2.20 bits per heavy atom. The Labute approximate surface area is 117 Å². The zero-order valence-corrected chi connectivity index (χ0v) is 11.7. The molecule has 20 heavy (non-hydrogen) atoms. The van der Waals surface area contributed by atoms with Gasteiger partial charge in [0.05, 0.1) is 6.54 Å². The van der Waals surface area contributed by atoms with E-state index in [0.29, 0.717) is 12.2 Å². The highest BCUT2D eigenvalue weighted by molar-refractivity contribution is 5.93. The van der Waals surface area contributed by atoms with Crippen LogP contribution in [-0.2, 0) is 6.54 Å². The molecule has 0 saturated carbocycles. The van der Waals surface area contributed by atoms with Crippen molar-refractivity contribution in [2.24, 2.45) is 0 Å². The summed E-state index contributed by atoms with van der Waals surface area (Å²) in [7, 11) is 0. The smallest absolute Gasteiger partial charge is 0.270 e. The first-order valence-corrected chi connectivity index (χ1v) is 7.08. The standard InChI is InChI=1S/C14H21F2N3O/c1-2-19(11-5-7-17-8-6-11)14(20)12-4-3-9-18(12)10-13(15)16/h3-4,9,11,13,17H,2,5-8,10H2,1H3. The highest BCUT2D eigenvalue weighted by atomic mass is 19.3. The van der Waals surface area contributed by atoms with E-state index in [1.807, 2.05) is 6.92 Å². The lowest BCUT2D eigenvalue weighted by Crippen LogP contribution is -2.46. The van der Waals surface area contributed by atoms with Crippen LogP contribution in [-0.4, -0.2) is 47.5 Å². The van der Waals surface area contributed by atoms with Crippen molar-refractivity contribution in [3.63, 3.8) is 0 Å². The third-order valence-corrected chi connectivity index (χ3v) is 3.73. The second-order valence-electron chi connectivity index (χ2n) is 5.01. The minimum atomic E-state index is -2.46. The number of nitrogens with zero attached hydrogens (tertiary/aromatic N) is 2. The van der Waals surface area contributed by atoms with Crippen molar-refractivity contribution in [2.75, 3.05) is 19.6 Å². The van der Waals surface area contributed by atoms with E-state index in [2.05, 4.69) is 5.32 Å². The molecule has 112 valence electrons. The maximum atomic E-state index is 12.6. The molecule has 0 aromatic carbocycles. The second-order valence-corrected chi connectivity index (χ2v) is 5.01. The lowest BCUT2D eigenvalue weighted by molar-refractivity contribution is 0.0637. The molecule has 1 saturated heterocycles. The van der Waals surface area contributed by atoms with E-state index in [9.17, 15) is 13.6 Å². The van der Waals surface area contributed by atoms with Gasteiger partial charge in [0.1, 0.15) is 5.69 Å². The van der Waals surface area contributed by atoms with Crippen molar-refractivity contribution in [2.45, 2.75) is 38.8 Å². The van der Waals surface area contributed by atoms with Crippen molar-refractivity contribution in [3.05, 3.63) is 24.0 Å². The molecule has 1 aliphatic rings. The number of amides is 1. The summed E-state index contributed by atoms with van der Waals surface area (Å²) >= 11 is 0. The van der Waals surface area contributed by atoms with Gasteiger partial charge in [0, 0.05) is 18.8 Å².